The zero-order chi connectivity index (χ0) is 22.1. The van der Waals surface area contributed by atoms with Gasteiger partial charge in [0.25, 0.3) is 5.56 Å². The van der Waals surface area contributed by atoms with Crippen LogP contribution in [0.15, 0.2) is 17.1 Å². The van der Waals surface area contributed by atoms with Crippen molar-refractivity contribution in [2.24, 2.45) is 0 Å². The van der Waals surface area contributed by atoms with Gasteiger partial charge in [-0.1, -0.05) is 0 Å². The number of hydrogen-bond donors (Lipinski definition) is 0. The average molecular weight is 425 g/mol. The van der Waals surface area contributed by atoms with Crippen molar-refractivity contribution < 1.29 is 4.79 Å². The van der Waals surface area contributed by atoms with Crippen LogP contribution in [-0.2, 0) is 24.2 Å². The van der Waals surface area contributed by atoms with Gasteiger partial charge in [0, 0.05) is 43.0 Å². The zero-order valence-corrected chi connectivity index (χ0v) is 19.0. The van der Waals surface area contributed by atoms with E-state index in [1.54, 1.807) is 11.0 Å². The fraction of sp³-hybridized carbons (Fsp3) is 0.609. The fourth-order valence-corrected chi connectivity index (χ4v) is 4.73. The topological polar surface area (TPSA) is 84.2 Å². The first-order valence-electron chi connectivity index (χ1n) is 11.4. The lowest BCUT2D eigenvalue weighted by Gasteiger charge is -2.31. The van der Waals surface area contributed by atoms with E-state index in [9.17, 15) is 9.59 Å². The van der Waals surface area contributed by atoms with Crippen LogP contribution in [0.5, 0.6) is 0 Å². The van der Waals surface area contributed by atoms with Gasteiger partial charge in [-0.15, -0.1) is 0 Å². The summed E-state index contributed by atoms with van der Waals surface area (Å²) in [5.74, 6) is 0.683. The van der Waals surface area contributed by atoms with Gasteiger partial charge >= 0.3 is 0 Å². The second kappa shape index (κ2) is 8.77. The highest BCUT2D eigenvalue weighted by molar-refractivity contribution is 5.76. The summed E-state index contributed by atoms with van der Waals surface area (Å²) in [5, 5.41) is 4.60. The first-order chi connectivity index (χ1) is 14.8. The number of anilines is 1. The molecule has 1 fully saturated rings. The maximum Gasteiger partial charge on any atom is 0.267 e. The molecule has 3 heterocycles. The molecule has 0 N–H and O–H groups in total. The van der Waals surface area contributed by atoms with Gasteiger partial charge in [-0.3, -0.25) is 9.59 Å². The van der Waals surface area contributed by atoms with Crippen LogP contribution in [0, 0.1) is 0 Å². The van der Waals surface area contributed by atoms with E-state index in [-0.39, 0.29) is 30.1 Å². The van der Waals surface area contributed by atoms with E-state index in [4.69, 9.17) is 4.98 Å². The lowest BCUT2D eigenvalue weighted by molar-refractivity contribution is -0.135. The molecule has 4 rings (SSSR count). The molecule has 1 aliphatic carbocycles. The third-order valence-corrected chi connectivity index (χ3v) is 6.14. The lowest BCUT2D eigenvalue weighted by Crippen LogP contribution is -2.45. The molecule has 1 amide bonds. The van der Waals surface area contributed by atoms with Crippen LogP contribution in [-0.4, -0.2) is 55.7 Å². The SMILES string of the molecule is CC(C)N(C(=O)Cn1nc2c(cc1=O)CCc1nc(N3CCCCC3)ncc1-2)C(C)C. The van der Waals surface area contributed by atoms with Crippen LogP contribution in [0.1, 0.15) is 58.2 Å². The summed E-state index contributed by atoms with van der Waals surface area (Å²) in [5.41, 5.74) is 3.22. The molecule has 2 aliphatic rings. The quantitative estimate of drug-likeness (QED) is 0.733. The first kappa shape index (κ1) is 21.5. The number of aryl methyl sites for hydroxylation is 2. The largest absolute Gasteiger partial charge is 0.341 e. The Hall–Kier alpha value is -2.77. The highest BCUT2D eigenvalue weighted by Crippen LogP contribution is 2.30. The maximum absolute atomic E-state index is 12.9. The normalized spacial score (nSPS) is 15.7. The lowest BCUT2D eigenvalue weighted by atomic mass is 9.94. The average Bonchev–Trinajstić information content (AvgIpc) is 2.74. The minimum absolute atomic E-state index is 0.0585. The minimum atomic E-state index is -0.242. The highest BCUT2D eigenvalue weighted by atomic mass is 16.2. The molecule has 0 unspecified atom stereocenters. The van der Waals surface area contributed by atoms with Crippen LogP contribution in [0.25, 0.3) is 11.3 Å². The molecule has 0 spiro atoms. The first-order valence-corrected chi connectivity index (χ1v) is 11.4. The minimum Gasteiger partial charge on any atom is -0.341 e. The third-order valence-electron chi connectivity index (χ3n) is 6.14. The third kappa shape index (κ3) is 4.34. The summed E-state index contributed by atoms with van der Waals surface area (Å²) in [7, 11) is 0. The Labute approximate surface area is 183 Å². The van der Waals surface area contributed by atoms with Gasteiger partial charge in [-0.2, -0.15) is 5.10 Å². The molecule has 8 nitrogen and oxygen atoms in total. The van der Waals surface area contributed by atoms with Gasteiger partial charge < -0.3 is 9.80 Å². The van der Waals surface area contributed by atoms with Gasteiger partial charge in [-0.25, -0.2) is 14.6 Å². The predicted molar refractivity (Wildman–Crippen MR) is 120 cm³/mol. The monoisotopic (exact) mass is 424 g/mol. The number of aromatic nitrogens is 4. The molecule has 0 atom stereocenters. The Bertz CT molecular complexity index is 1020. The molecule has 2 aromatic heterocycles. The van der Waals surface area contributed by atoms with E-state index in [1.807, 2.05) is 33.9 Å². The van der Waals surface area contributed by atoms with Crippen molar-refractivity contribution in [2.45, 2.75) is 78.4 Å². The van der Waals surface area contributed by atoms with Crippen LogP contribution in [0.4, 0.5) is 5.95 Å². The number of hydrogen-bond acceptors (Lipinski definition) is 6. The summed E-state index contributed by atoms with van der Waals surface area (Å²) >= 11 is 0. The van der Waals surface area contributed by atoms with Crippen molar-refractivity contribution >= 4 is 11.9 Å². The van der Waals surface area contributed by atoms with Gasteiger partial charge in [0.15, 0.2) is 0 Å². The van der Waals surface area contributed by atoms with Crippen molar-refractivity contribution in [1.82, 2.24) is 24.6 Å². The van der Waals surface area contributed by atoms with Gasteiger partial charge in [-0.05, 0) is 65.4 Å². The molecule has 8 heteroatoms. The Morgan fingerprint density at radius 1 is 1.10 bits per heavy atom. The van der Waals surface area contributed by atoms with Crippen molar-refractivity contribution in [3.63, 3.8) is 0 Å². The van der Waals surface area contributed by atoms with Crippen molar-refractivity contribution in [2.75, 3.05) is 18.0 Å². The number of nitrogens with zero attached hydrogens (tertiary/aromatic N) is 6. The molecular formula is C23H32N6O2. The second-order valence-electron chi connectivity index (χ2n) is 9.08. The standard InChI is InChI=1S/C23H32N6O2/c1-15(2)29(16(3)4)21(31)14-28-20(30)12-17-8-9-19-18(22(17)26-28)13-24-23(25-19)27-10-6-5-7-11-27/h12-13,15-16H,5-11,14H2,1-4H3. The number of fused-ring (bicyclic) bond motifs is 3. The smallest absolute Gasteiger partial charge is 0.267 e. The van der Waals surface area contributed by atoms with E-state index in [0.717, 1.165) is 54.4 Å². The zero-order valence-electron chi connectivity index (χ0n) is 19.0. The summed E-state index contributed by atoms with van der Waals surface area (Å²) in [6.45, 7) is 9.85. The Morgan fingerprint density at radius 2 is 1.81 bits per heavy atom. The van der Waals surface area contributed by atoms with Gasteiger partial charge in [0.05, 0.1) is 11.4 Å². The molecule has 0 saturated carbocycles. The molecule has 1 aliphatic heterocycles. The Balaban J connectivity index is 1.64. The van der Waals surface area contributed by atoms with E-state index in [1.165, 1.54) is 23.9 Å². The molecule has 1 saturated heterocycles. The molecular weight excluding hydrogens is 392 g/mol. The van der Waals surface area contributed by atoms with Crippen molar-refractivity contribution in [1.29, 1.82) is 0 Å². The predicted octanol–water partition coefficient (Wildman–Crippen LogP) is 2.43. The van der Waals surface area contributed by atoms with E-state index in [0.29, 0.717) is 0 Å². The van der Waals surface area contributed by atoms with E-state index >= 15 is 0 Å². The van der Waals surface area contributed by atoms with Crippen LogP contribution in [0.3, 0.4) is 0 Å². The highest BCUT2D eigenvalue weighted by Gasteiger charge is 2.25. The van der Waals surface area contributed by atoms with Gasteiger partial charge in [0.1, 0.15) is 6.54 Å². The number of carbonyl (C=O) groups excluding carboxylic acids is 1. The Morgan fingerprint density at radius 3 is 2.48 bits per heavy atom. The van der Waals surface area contributed by atoms with Crippen LogP contribution in [0.2, 0.25) is 0 Å². The van der Waals surface area contributed by atoms with E-state index < -0.39 is 0 Å². The van der Waals surface area contributed by atoms with Gasteiger partial charge in [0.2, 0.25) is 11.9 Å². The molecule has 31 heavy (non-hydrogen) atoms. The van der Waals surface area contributed by atoms with E-state index in [2.05, 4.69) is 15.0 Å². The molecule has 2 aromatic rings. The number of carbonyl (C=O) groups is 1. The summed E-state index contributed by atoms with van der Waals surface area (Å²) < 4.78 is 1.28. The van der Waals surface area contributed by atoms with Crippen LogP contribution >= 0.6 is 0 Å². The molecule has 0 bridgehead atoms. The number of rotatable bonds is 5. The number of amides is 1. The summed E-state index contributed by atoms with van der Waals surface area (Å²) in [6, 6.07) is 1.73. The number of piperidine rings is 1. The fourth-order valence-electron chi connectivity index (χ4n) is 4.73. The molecule has 166 valence electrons. The van der Waals surface area contributed by atoms with Crippen molar-refractivity contribution in [3.05, 3.63) is 33.9 Å². The Kier molecular flexibility index (Phi) is 6.07. The molecule has 0 aromatic carbocycles. The second-order valence-corrected chi connectivity index (χ2v) is 9.08. The van der Waals surface area contributed by atoms with Crippen LogP contribution < -0.4 is 10.5 Å². The maximum atomic E-state index is 12.9. The summed E-state index contributed by atoms with van der Waals surface area (Å²) in [4.78, 5) is 39.0. The molecule has 0 radical (unpaired) electrons. The summed E-state index contributed by atoms with van der Waals surface area (Å²) in [6.07, 6.45) is 6.94. The van der Waals surface area contributed by atoms with Crippen molar-refractivity contribution in [3.8, 4) is 11.3 Å².